The summed E-state index contributed by atoms with van der Waals surface area (Å²) < 4.78 is 16.2. The first-order valence-corrected chi connectivity index (χ1v) is 8.36. The van der Waals surface area contributed by atoms with Crippen LogP contribution in [0.2, 0.25) is 0 Å². The van der Waals surface area contributed by atoms with Crippen molar-refractivity contribution in [2.75, 3.05) is 13.2 Å². The van der Waals surface area contributed by atoms with Crippen LogP contribution in [0.1, 0.15) is 71.1 Å². The maximum absolute atomic E-state index is 5.66. The van der Waals surface area contributed by atoms with E-state index < -0.39 is 0 Å². The van der Waals surface area contributed by atoms with Gasteiger partial charge in [0.05, 0.1) is 19.5 Å². The summed E-state index contributed by atoms with van der Waals surface area (Å²) >= 11 is 0. The highest BCUT2D eigenvalue weighted by molar-refractivity contribution is 4.68. The van der Waals surface area contributed by atoms with E-state index in [1.165, 1.54) is 64.0 Å². The maximum atomic E-state index is 5.66. The number of epoxide rings is 1. The van der Waals surface area contributed by atoms with Crippen molar-refractivity contribution in [3.05, 3.63) is 12.8 Å². The average molecular weight is 284 g/mol. The van der Waals surface area contributed by atoms with Gasteiger partial charge in [0.15, 0.2) is 6.29 Å². The van der Waals surface area contributed by atoms with Crippen LogP contribution in [0, 0.1) is 0 Å². The van der Waals surface area contributed by atoms with E-state index in [9.17, 15) is 0 Å². The molecule has 0 radical (unpaired) electrons. The molecule has 0 aromatic carbocycles. The summed E-state index contributed by atoms with van der Waals surface area (Å²) in [4.78, 5) is 0. The van der Waals surface area contributed by atoms with E-state index in [-0.39, 0.29) is 6.29 Å². The molecular formula is C17H32O3. The molecule has 0 aromatic rings. The Bertz CT molecular complexity index is 226. The summed E-state index contributed by atoms with van der Waals surface area (Å²) in [5.74, 6) is 0. The van der Waals surface area contributed by atoms with Crippen molar-refractivity contribution in [1.29, 1.82) is 0 Å². The molecule has 118 valence electrons. The van der Waals surface area contributed by atoms with Crippen LogP contribution in [0.25, 0.3) is 0 Å². The van der Waals surface area contributed by atoms with E-state index >= 15 is 0 Å². The van der Waals surface area contributed by atoms with Crippen LogP contribution in [0.4, 0.5) is 0 Å². The normalized spacial score (nSPS) is 18.8. The van der Waals surface area contributed by atoms with E-state index in [4.69, 9.17) is 14.2 Å². The van der Waals surface area contributed by atoms with E-state index in [1.807, 2.05) is 0 Å². The third-order valence-electron chi connectivity index (χ3n) is 3.66. The van der Waals surface area contributed by atoms with Crippen LogP contribution < -0.4 is 0 Å². The maximum Gasteiger partial charge on any atom is 0.198 e. The van der Waals surface area contributed by atoms with E-state index in [1.54, 1.807) is 0 Å². The van der Waals surface area contributed by atoms with Gasteiger partial charge in [-0.1, -0.05) is 64.9 Å². The zero-order valence-electron chi connectivity index (χ0n) is 13.1. The molecule has 0 aliphatic carbocycles. The van der Waals surface area contributed by atoms with Crippen molar-refractivity contribution in [3.8, 4) is 0 Å². The molecular weight excluding hydrogens is 252 g/mol. The van der Waals surface area contributed by atoms with E-state index in [2.05, 4.69) is 13.5 Å². The highest BCUT2D eigenvalue weighted by Crippen LogP contribution is 2.15. The molecule has 0 amide bonds. The highest BCUT2D eigenvalue weighted by Gasteiger charge is 2.24. The number of hydrogen-bond donors (Lipinski definition) is 0. The molecule has 20 heavy (non-hydrogen) atoms. The number of hydrogen-bond acceptors (Lipinski definition) is 3. The van der Waals surface area contributed by atoms with Crippen LogP contribution in [0.3, 0.4) is 0 Å². The molecule has 1 fully saturated rings. The second-order valence-electron chi connectivity index (χ2n) is 5.64. The summed E-state index contributed by atoms with van der Waals surface area (Å²) in [7, 11) is 0. The molecule has 0 aromatic heterocycles. The standard InChI is InChI=1S/C17H32O3/c1-3-5-6-7-8-9-10-11-12-13-17(18-4-2)20-15-16-14-19-16/h4,16-17H,2-3,5-15H2,1H3. The monoisotopic (exact) mass is 284 g/mol. The third kappa shape index (κ3) is 10.3. The molecule has 0 bridgehead atoms. The van der Waals surface area contributed by atoms with Crippen LogP contribution in [-0.4, -0.2) is 25.6 Å². The van der Waals surface area contributed by atoms with Gasteiger partial charge < -0.3 is 14.2 Å². The average Bonchev–Trinajstić information content (AvgIpc) is 3.27. The van der Waals surface area contributed by atoms with Gasteiger partial charge in [0, 0.05) is 6.42 Å². The van der Waals surface area contributed by atoms with Gasteiger partial charge in [-0.2, -0.15) is 0 Å². The van der Waals surface area contributed by atoms with Crippen molar-refractivity contribution in [1.82, 2.24) is 0 Å². The van der Waals surface area contributed by atoms with E-state index in [0.717, 1.165) is 13.0 Å². The van der Waals surface area contributed by atoms with Crippen molar-refractivity contribution in [2.24, 2.45) is 0 Å². The molecule has 2 atom stereocenters. The smallest absolute Gasteiger partial charge is 0.198 e. The lowest BCUT2D eigenvalue weighted by Crippen LogP contribution is -2.17. The fourth-order valence-corrected chi connectivity index (χ4v) is 2.30. The predicted octanol–water partition coefficient (Wildman–Crippen LogP) is 4.81. The SMILES string of the molecule is C=COC(CCCCCCCCCCC)OCC1CO1. The Morgan fingerprint density at radius 1 is 1.10 bits per heavy atom. The quantitative estimate of drug-likeness (QED) is 0.187. The first-order chi connectivity index (χ1) is 9.86. The Morgan fingerprint density at radius 3 is 2.25 bits per heavy atom. The second kappa shape index (κ2) is 12.2. The van der Waals surface area contributed by atoms with Crippen molar-refractivity contribution in [3.63, 3.8) is 0 Å². The summed E-state index contributed by atoms with van der Waals surface area (Å²) in [5, 5.41) is 0. The second-order valence-corrected chi connectivity index (χ2v) is 5.64. The lowest BCUT2D eigenvalue weighted by Gasteiger charge is -2.16. The Balaban J connectivity index is 1.87. The summed E-state index contributed by atoms with van der Waals surface area (Å²) in [6.45, 7) is 7.35. The minimum absolute atomic E-state index is 0.138. The number of ether oxygens (including phenoxy) is 3. The first kappa shape index (κ1) is 17.5. The molecule has 1 aliphatic heterocycles. The summed E-state index contributed by atoms with van der Waals surface area (Å²) in [6, 6.07) is 0. The minimum atomic E-state index is -0.138. The third-order valence-corrected chi connectivity index (χ3v) is 3.66. The van der Waals surface area contributed by atoms with Crippen molar-refractivity contribution < 1.29 is 14.2 Å². The van der Waals surface area contributed by atoms with Crippen LogP contribution in [-0.2, 0) is 14.2 Å². The molecule has 1 aliphatic rings. The lowest BCUT2D eigenvalue weighted by atomic mass is 10.1. The van der Waals surface area contributed by atoms with Gasteiger partial charge in [-0.15, -0.1) is 0 Å². The first-order valence-electron chi connectivity index (χ1n) is 8.36. The minimum Gasteiger partial charge on any atom is -0.473 e. The van der Waals surface area contributed by atoms with Gasteiger partial charge in [0.1, 0.15) is 6.10 Å². The number of unbranched alkanes of at least 4 members (excludes halogenated alkanes) is 8. The largest absolute Gasteiger partial charge is 0.473 e. The van der Waals surface area contributed by atoms with Gasteiger partial charge >= 0.3 is 0 Å². The summed E-state index contributed by atoms with van der Waals surface area (Å²) in [6.07, 6.45) is 14.7. The van der Waals surface area contributed by atoms with Crippen LogP contribution in [0.5, 0.6) is 0 Å². The van der Waals surface area contributed by atoms with E-state index in [0.29, 0.717) is 12.7 Å². The van der Waals surface area contributed by atoms with Crippen LogP contribution >= 0.6 is 0 Å². The molecule has 3 heteroatoms. The zero-order valence-corrected chi connectivity index (χ0v) is 13.1. The predicted molar refractivity (Wildman–Crippen MR) is 82.6 cm³/mol. The van der Waals surface area contributed by atoms with Gasteiger partial charge in [0.2, 0.25) is 0 Å². The molecule has 1 heterocycles. The van der Waals surface area contributed by atoms with Gasteiger partial charge in [-0.25, -0.2) is 0 Å². The summed E-state index contributed by atoms with van der Waals surface area (Å²) in [5.41, 5.74) is 0. The van der Waals surface area contributed by atoms with Gasteiger partial charge in [-0.05, 0) is 6.42 Å². The Morgan fingerprint density at radius 2 is 1.70 bits per heavy atom. The molecule has 0 saturated carbocycles. The molecule has 0 N–H and O–H groups in total. The topological polar surface area (TPSA) is 31.0 Å². The Labute approximate surface area is 124 Å². The highest BCUT2D eigenvalue weighted by atomic mass is 16.7. The fourth-order valence-electron chi connectivity index (χ4n) is 2.30. The van der Waals surface area contributed by atoms with Gasteiger partial charge in [-0.3, -0.25) is 0 Å². The fraction of sp³-hybridized carbons (Fsp3) is 0.882. The van der Waals surface area contributed by atoms with Gasteiger partial charge in [0.25, 0.3) is 0 Å². The zero-order chi connectivity index (χ0) is 14.5. The molecule has 3 nitrogen and oxygen atoms in total. The molecule has 2 unspecified atom stereocenters. The van der Waals surface area contributed by atoms with Crippen LogP contribution in [0.15, 0.2) is 12.8 Å². The Kier molecular flexibility index (Phi) is 10.7. The number of rotatable bonds is 15. The molecule has 0 spiro atoms. The van der Waals surface area contributed by atoms with Crippen molar-refractivity contribution in [2.45, 2.75) is 83.5 Å². The molecule has 1 saturated heterocycles. The molecule has 1 rings (SSSR count). The van der Waals surface area contributed by atoms with Crippen molar-refractivity contribution >= 4 is 0 Å². The Hall–Kier alpha value is -0.540. The lowest BCUT2D eigenvalue weighted by molar-refractivity contribution is -0.114.